The van der Waals surface area contributed by atoms with Crippen molar-refractivity contribution in [2.24, 2.45) is 0 Å². The molecule has 1 radical (unpaired) electrons. The van der Waals surface area contributed by atoms with Crippen molar-refractivity contribution < 1.29 is 44.1 Å². The number of hydrogen-bond acceptors (Lipinski definition) is 1. The zero-order valence-corrected chi connectivity index (χ0v) is 11.7. The van der Waals surface area contributed by atoms with Crippen LogP contribution in [0.1, 0.15) is 30.1 Å². The SMILES string of the molecule is [Ac].[NH-][C@@H]1CCCc2ncccc21. The van der Waals surface area contributed by atoms with Gasteiger partial charge in [0.1, 0.15) is 0 Å². The molecule has 1 heterocycles. The molecular weight excluding hydrogens is 363 g/mol. The second-order valence-electron chi connectivity index (χ2n) is 2.98. The first kappa shape index (κ1) is 10.6. The molecule has 0 fully saturated rings. The quantitative estimate of drug-likeness (QED) is 0.688. The largest absolute Gasteiger partial charge is 0.671 e. The molecule has 3 heteroatoms. The molecule has 0 saturated carbocycles. The molecule has 0 saturated heterocycles. The summed E-state index contributed by atoms with van der Waals surface area (Å²) in [6, 6.07) is 3.93. The van der Waals surface area contributed by atoms with Crippen molar-refractivity contribution in [2.75, 3.05) is 0 Å². The minimum atomic E-state index is -0.0209. The van der Waals surface area contributed by atoms with Crippen LogP contribution in [0.5, 0.6) is 0 Å². The third-order valence-electron chi connectivity index (χ3n) is 2.21. The molecule has 1 aromatic heterocycles. The molecule has 0 aliphatic heterocycles. The van der Waals surface area contributed by atoms with E-state index in [4.69, 9.17) is 5.73 Å². The van der Waals surface area contributed by atoms with Gasteiger partial charge >= 0.3 is 0 Å². The van der Waals surface area contributed by atoms with E-state index in [1.807, 2.05) is 18.3 Å². The Labute approximate surface area is 109 Å². The van der Waals surface area contributed by atoms with Crippen molar-refractivity contribution in [3.63, 3.8) is 0 Å². The molecule has 1 aliphatic carbocycles. The van der Waals surface area contributed by atoms with Gasteiger partial charge in [0.2, 0.25) is 0 Å². The minimum Gasteiger partial charge on any atom is -0.671 e. The van der Waals surface area contributed by atoms with Gasteiger partial charge in [0.15, 0.2) is 0 Å². The van der Waals surface area contributed by atoms with E-state index in [9.17, 15) is 0 Å². The Bertz CT molecular complexity index is 262. The van der Waals surface area contributed by atoms with Crippen LogP contribution in [0.15, 0.2) is 18.3 Å². The molecule has 0 bridgehead atoms. The van der Waals surface area contributed by atoms with Crippen molar-refractivity contribution >= 4 is 0 Å². The van der Waals surface area contributed by atoms with Gasteiger partial charge in [-0.15, -0.1) is 6.04 Å². The van der Waals surface area contributed by atoms with Gasteiger partial charge in [-0.05, 0) is 24.5 Å². The van der Waals surface area contributed by atoms with E-state index in [1.165, 1.54) is 0 Å². The summed E-state index contributed by atoms with van der Waals surface area (Å²) in [7, 11) is 0. The van der Waals surface area contributed by atoms with Crippen LogP contribution in [-0.2, 0) is 6.42 Å². The van der Waals surface area contributed by atoms with Crippen molar-refractivity contribution in [1.29, 1.82) is 0 Å². The number of rotatable bonds is 0. The van der Waals surface area contributed by atoms with Crippen molar-refractivity contribution in [3.8, 4) is 0 Å². The maximum atomic E-state index is 7.71. The number of aromatic nitrogens is 1. The predicted molar refractivity (Wildman–Crippen MR) is 44.2 cm³/mol. The third-order valence-corrected chi connectivity index (χ3v) is 2.21. The van der Waals surface area contributed by atoms with Gasteiger partial charge in [0, 0.05) is 56.0 Å². The fraction of sp³-hybridized carbons (Fsp3) is 0.444. The summed E-state index contributed by atoms with van der Waals surface area (Å²) < 4.78 is 0. The summed E-state index contributed by atoms with van der Waals surface area (Å²) in [5, 5.41) is 0. The zero-order chi connectivity index (χ0) is 7.68. The summed E-state index contributed by atoms with van der Waals surface area (Å²) in [5.74, 6) is 0. The fourth-order valence-corrected chi connectivity index (χ4v) is 1.61. The molecule has 2 rings (SSSR count). The summed E-state index contributed by atoms with van der Waals surface area (Å²) in [6.07, 6.45) is 5.00. The fourth-order valence-electron chi connectivity index (χ4n) is 1.61. The van der Waals surface area contributed by atoms with Crippen LogP contribution in [0.25, 0.3) is 5.73 Å². The number of pyridine rings is 1. The molecule has 1 N–H and O–H groups in total. The van der Waals surface area contributed by atoms with E-state index in [1.54, 1.807) is 0 Å². The van der Waals surface area contributed by atoms with E-state index in [0.29, 0.717) is 0 Å². The minimum absolute atomic E-state index is 0. The van der Waals surface area contributed by atoms with Gasteiger partial charge in [-0.3, -0.25) is 4.98 Å². The Hall–Kier alpha value is 0.552. The molecule has 61 valence electrons. The summed E-state index contributed by atoms with van der Waals surface area (Å²) in [5.41, 5.74) is 9.99. The second kappa shape index (κ2) is 4.69. The zero-order valence-electron chi connectivity index (χ0n) is 6.96. The number of nitrogens with zero attached hydrogens (tertiary/aromatic N) is 1. The summed E-state index contributed by atoms with van der Waals surface area (Å²) in [4.78, 5) is 4.25. The van der Waals surface area contributed by atoms with Crippen LogP contribution in [-0.4, -0.2) is 4.98 Å². The first-order valence-electron chi connectivity index (χ1n) is 4.03. The van der Waals surface area contributed by atoms with Gasteiger partial charge in [-0.25, -0.2) is 0 Å². The molecule has 1 aromatic rings. The maximum absolute atomic E-state index is 7.71. The first-order valence-corrected chi connectivity index (χ1v) is 4.03. The molecule has 0 unspecified atom stereocenters. The molecule has 0 amide bonds. The normalized spacial score (nSPS) is 20.9. The van der Waals surface area contributed by atoms with E-state index < -0.39 is 0 Å². The summed E-state index contributed by atoms with van der Waals surface area (Å²) >= 11 is 0. The van der Waals surface area contributed by atoms with Gasteiger partial charge in [-0.1, -0.05) is 12.5 Å². The number of fused-ring (bicyclic) bond motifs is 1. The van der Waals surface area contributed by atoms with Crippen molar-refractivity contribution in [2.45, 2.75) is 25.3 Å². The molecule has 1 aliphatic rings. The van der Waals surface area contributed by atoms with Crippen molar-refractivity contribution in [3.05, 3.63) is 35.3 Å². The van der Waals surface area contributed by atoms with Gasteiger partial charge in [0.05, 0.1) is 0 Å². The average molecular weight is 374 g/mol. The molecule has 2 nitrogen and oxygen atoms in total. The summed E-state index contributed by atoms with van der Waals surface area (Å²) in [6.45, 7) is 0. The number of aryl methyl sites for hydroxylation is 1. The van der Waals surface area contributed by atoms with Crippen LogP contribution >= 0.6 is 0 Å². The van der Waals surface area contributed by atoms with E-state index in [2.05, 4.69) is 4.98 Å². The smallest absolute Gasteiger partial charge is 0.0420 e. The predicted octanol–water partition coefficient (Wildman–Crippen LogP) is 2.51. The Balaban J connectivity index is 0.000000720. The third kappa shape index (κ3) is 2.07. The molecule has 12 heavy (non-hydrogen) atoms. The topological polar surface area (TPSA) is 36.7 Å². The Morgan fingerprint density at radius 2 is 2.33 bits per heavy atom. The van der Waals surface area contributed by atoms with Gasteiger partial charge < -0.3 is 5.73 Å². The molecular formula is C9H11AcN2-. The van der Waals surface area contributed by atoms with Crippen molar-refractivity contribution in [1.82, 2.24) is 4.98 Å². The standard InChI is InChI=1S/C9H11N2.Ac/c10-8-4-1-5-9-7(8)3-2-6-11-9;/h2-3,6,8,10H,1,4-5H2;/q-1;/t8-;/m1./s1. The Morgan fingerprint density at radius 1 is 1.50 bits per heavy atom. The van der Waals surface area contributed by atoms with E-state index in [0.717, 1.165) is 30.5 Å². The molecule has 0 aromatic carbocycles. The van der Waals surface area contributed by atoms with Crippen LogP contribution in [0.2, 0.25) is 0 Å². The second-order valence-corrected chi connectivity index (χ2v) is 2.98. The van der Waals surface area contributed by atoms with E-state index >= 15 is 0 Å². The van der Waals surface area contributed by atoms with Gasteiger partial charge in [-0.2, -0.15) is 0 Å². The first-order chi connectivity index (χ1) is 5.38. The van der Waals surface area contributed by atoms with Crippen LogP contribution in [0.3, 0.4) is 0 Å². The average Bonchev–Trinajstić information content (AvgIpc) is 2.06. The van der Waals surface area contributed by atoms with Crippen LogP contribution in [0, 0.1) is 44.1 Å². The van der Waals surface area contributed by atoms with Crippen LogP contribution in [0.4, 0.5) is 0 Å². The number of hydrogen-bond donors (Lipinski definition) is 0. The van der Waals surface area contributed by atoms with Gasteiger partial charge in [0.25, 0.3) is 0 Å². The number of nitrogens with one attached hydrogen (secondary N) is 1. The Kier molecular flexibility index (Phi) is 4.16. The van der Waals surface area contributed by atoms with Crippen LogP contribution < -0.4 is 0 Å². The Morgan fingerprint density at radius 3 is 3.08 bits per heavy atom. The maximum Gasteiger partial charge on any atom is 0.0420 e. The van der Waals surface area contributed by atoms with E-state index in [-0.39, 0.29) is 50.1 Å². The molecule has 1 atom stereocenters. The monoisotopic (exact) mass is 374 g/mol. The molecule has 0 spiro atoms.